The topological polar surface area (TPSA) is 121 Å². The Morgan fingerprint density at radius 2 is 1.93 bits per heavy atom. The lowest BCUT2D eigenvalue weighted by atomic mass is 10.1. The van der Waals surface area contributed by atoms with E-state index in [0.717, 1.165) is 16.8 Å². The van der Waals surface area contributed by atoms with Crippen LogP contribution in [0.1, 0.15) is 18.1 Å². The molecule has 10 heteroatoms. The summed E-state index contributed by atoms with van der Waals surface area (Å²) in [5, 5.41) is 15.0. The normalized spacial score (nSPS) is 11.3. The molecule has 0 saturated carbocycles. The molecule has 0 radical (unpaired) electrons. The standard InChI is InChI=1S/C19H20ClN7OS/c1-12(14-4-8-16(21)9-5-14)24-25-18-23-19(27-26-18)29-11-17(28)22-10-13-2-6-15(20)7-3-13/h2-9H,10-11,21H2,1H3,(H,22,28)(H2,23,25,26,27)/b24-12+. The van der Waals surface area contributed by atoms with Crippen molar-refractivity contribution in [3.8, 4) is 0 Å². The van der Waals surface area contributed by atoms with Gasteiger partial charge in [-0.1, -0.05) is 47.6 Å². The second-order valence-corrected chi connectivity index (χ2v) is 7.47. The molecule has 0 aliphatic carbocycles. The molecule has 0 aliphatic heterocycles. The lowest BCUT2D eigenvalue weighted by Gasteiger charge is -2.04. The van der Waals surface area contributed by atoms with Gasteiger partial charge in [0.25, 0.3) is 0 Å². The van der Waals surface area contributed by atoms with Crippen molar-refractivity contribution >= 4 is 46.6 Å². The van der Waals surface area contributed by atoms with Gasteiger partial charge in [0.1, 0.15) is 0 Å². The van der Waals surface area contributed by atoms with Crippen LogP contribution in [0.25, 0.3) is 0 Å². The molecule has 1 heterocycles. The second-order valence-electron chi connectivity index (χ2n) is 6.09. The minimum Gasteiger partial charge on any atom is -0.399 e. The molecular formula is C19H20ClN7OS. The van der Waals surface area contributed by atoms with E-state index in [1.54, 1.807) is 12.1 Å². The van der Waals surface area contributed by atoms with Gasteiger partial charge in [-0.15, -0.1) is 5.10 Å². The van der Waals surface area contributed by atoms with Gasteiger partial charge in [-0.2, -0.15) is 10.1 Å². The molecule has 0 saturated heterocycles. The first-order chi connectivity index (χ1) is 14.0. The van der Waals surface area contributed by atoms with Gasteiger partial charge in [-0.05, 0) is 42.3 Å². The number of nitrogen functional groups attached to an aromatic ring is 1. The monoisotopic (exact) mass is 429 g/mol. The summed E-state index contributed by atoms with van der Waals surface area (Å²) in [7, 11) is 0. The number of H-pyrrole nitrogens is 1. The summed E-state index contributed by atoms with van der Waals surface area (Å²) in [6, 6.07) is 14.7. The number of anilines is 2. The lowest BCUT2D eigenvalue weighted by molar-refractivity contribution is -0.118. The van der Waals surface area contributed by atoms with Gasteiger partial charge in [0, 0.05) is 17.3 Å². The van der Waals surface area contributed by atoms with Crippen LogP contribution < -0.4 is 16.5 Å². The number of rotatable bonds is 8. The van der Waals surface area contributed by atoms with Gasteiger partial charge in [-0.25, -0.2) is 10.5 Å². The molecule has 0 fully saturated rings. The van der Waals surface area contributed by atoms with Crippen LogP contribution in [-0.2, 0) is 11.3 Å². The van der Waals surface area contributed by atoms with Crippen molar-refractivity contribution in [2.75, 3.05) is 16.9 Å². The predicted molar refractivity (Wildman–Crippen MR) is 117 cm³/mol. The number of carbonyl (C=O) groups excluding carboxylic acids is 1. The summed E-state index contributed by atoms with van der Waals surface area (Å²) in [6.07, 6.45) is 0. The van der Waals surface area contributed by atoms with Crippen molar-refractivity contribution in [1.82, 2.24) is 20.5 Å². The molecule has 1 aromatic heterocycles. The van der Waals surface area contributed by atoms with Crippen LogP contribution in [0.15, 0.2) is 58.8 Å². The number of aromatic amines is 1. The summed E-state index contributed by atoms with van der Waals surface area (Å²) >= 11 is 7.08. The summed E-state index contributed by atoms with van der Waals surface area (Å²) in [5.74, 6) is 0.490. The zero-order chi connectivity index (χ0) is 20.6. The van der Waals surface area contributed by atoms with Gasteiger partial charge in [-0.3, -0.25) is 4.79 Å². The number of hydrazone groups is 1. The number of nitrogens with two attached hydrogens (primary N) is 1. The van der Waals surface area contributed by atoms with Crippen LogP contribution in [0.5, 0.6) is 0 Å². The number of benzene rings is 2. The van der Waals surface area contributed by atoms with E-state index in [1.807, 2.05) is 43.3 Å². The summed E-state index contributed by atoms with van der Waals surface area (Å²) in [5.41, 5.74) is 11.9. The second kappa shape index (κ2) is 9.94. The predicted octanol–water partition coefficient (Wildman–Crippen LogP) is 3.28. The largest absolute Gasteiger partial charge is 0.399 e. The maximum atomic E-state index is 12.0. The average molecular weight is 430 g/mol. The summed E-state index contributed by atoms with van der Waals surface area (Å²) in [4.78, 5) is 16.2. The van der Waals surface area contributed by atoms with E-state index in [9.17, 15) is 4.79 Å². The minimum absolute atomic E-state index is 0.110. The highest BCUT2D eigenvalue weighted by Gasteiger charge is 2.08. The van der Waals surface area contributed by atoms with Gasteiger partial charge in [0.2, 0.25) is 17.0 Å². The van der Waals surface area contributed by atoms with Gasteiger partial charge in [0.15, 0.2) is 0 Å². The summed E-state index contributed by atoms with van der Waals surface area (Å²) < 4.78 is 0. The van der Waals surface area contributed by atoms with E-state index in [2.05, 4.69) is 31.0 Å². The third kappa shape index (κ3) is 6.51. The molecule has 0 unspecified atom stereocenters. The molecular weight excluding hydrogens is 410 g/mol. The van der Waals surface area contributed by atoms with Crippen molar-refractivity contribution < 1.29 is 4.79 Å². The molecule has 1 amide bonds. The van der Waals surface area contributed by atoms with E-state index < -0.39 is 0 Å². The Bertz CT molecular complexity index is 987. The fourth-order valence-corrected chi connectivity index (χ4v) is 3.02. The Kier molecular flexibility index (Phi) is 7.09. The number of amides is 1. The van der Waals surface area contributed by atoms with E-state index in [1.165, 1.54) is 11.8 Å². The van der Waals surface area contributed by atoms with Crippen LogP contribution in [0.2, 0.25) is 5.02 Å². The Hall–Kier alpha value is -3.04. The molecule has 29 heavy (non-hydrogen) atoms. The van der Waals surface area contributed by atoms with Crippen molar-refractivity contribution in [3.05, 3.63) is 64.7 Å². The number of hydrogen-bond acceptors (Lipinski definition) is 7. The minimum atomic E-state index is -0.110. The first-order valence-electron chi connectivity index (χ1n) is 8.72. The molecule has 2 aromatic carbocycles. The highest BCUT2D eigenvalue weighted by atomic mass is 35.5. The first-order valence-corrected chi connectivity index (χ1v) is 10.1. The number of thioether (sulfide) groups is 1. The van der Waals surface area contributed by atoms with Crippen LogP contribution in [0.4, 0.5) is 11.6 Å². The Balaban J connectivity index is 1.44. The van der Waals surface area contributed by atoms with E-state index in [-0.39, 0.29) is 11.7 Å². The van der Waals surface area contributed by atoms with Crippen molar-refractivity contribution in [1.29, 1.82) is 0 Å². The highest BCUT2D eigenvalue weighted by Crippen LogP contribution is 2.14. The molecule has 5 N–H and O–H groups in total. The van der Waals surface area contributed by atoms with Crippen molar-refractivity contribution in [2.24, 2.45) is 5.10 Å². The fourth-order valence-electron chi connectivity index (χ4n) is 2.27. The zero-order valence-electron chi connectivity index (χ0n) is 15.6. The zero-order valence-corrected chi connectivity index (χ0v) is 17.2. The number of halogens is 1. The molecule has 3 aromatic rings. The van der Waals surface area contributed by atoms with Crippen LogP contribution in [-0.4, -0.2) is 32.6 Å². The van der Waals surface area contributed by atoms with Crippen LogP contribution in [0, 0.1) is 0 Å². The fraction of sp³-hybridized carbons (Fsp3) is 0.158. The molecule has 3 rings (SSSR count). The van der Waals surface area contributed by atoms with Crippen molar-refractivity contribution in [3.63, 3.8) is 0 Å². The molecule has 8 nitrogen and oxygen atoms in total. The SMILES string of the molecule is C/C(=N\Nc1nc(SCC(=O)NCc2ccc(Cl)cc2)n[nH]1)c1ccc(N)cc1. The Morgan fingerprint density at radius 3 is 2.66 bits per heavy atom. The van der Waals surface area contributed by atoms with E-state index in [0.29, 0.717) is 28.4 Å². The first kappa shape index (κ1) is 20.7. The quantitative estimate of drug-likeness (QED) is 0.189. The number of nitrogens with zero attached hydrogens (tertiary/aromatic N) is 3. The molecule has 0 bridgehead atoms. The van der Waals surface area contributed by atoms with Crippen molar-refractivity contribution in [2.45, 2.75) is 18.6 Å². The van der Waals surface area contributed by atoms with Gasteiger partial charge < -0.3 is 11.1 Å². The maximum Gasteiger partial charge on any atom is 0.240 e. The number of hydrogen-bond donors (Lipinski definition) is 4. The van der Waals surface area contributed by atoms with Crippen LogP contribution >= 0.6 is 23.4 Å². The van der Waals surface area contributed by atoms with Crippen LogP contribution in [0.3, 0.4) is 0 Å². The third-order valence-electron chi connectivity index (χ3n) is 3.86. The number of nitrogens with one attached hydrogen (secondary N) is 3. The van der Waals surface area contributed by atoms with E-state index in [4.69, 9.17) is 17.3 Å². The average Bonchev–Trinajstić information content (AvgIpc) is 3.18. The molecule has 0 spiro atoms. The van der Waals surface area contributed by atoms with Gasteiger partial charge >= 0.3 is 0 Å². The smallest absolute Gasteiger partial charge is 0.240 e. The number of carbonyl (C=O) groups is 1. The Labute approximate surface area is 177 Å². The van der Waals surface area contributed by atoms with E-state index >= 15 is 0 Å². The van der Waals surface area contributed by atoms with Gasteiger partial charge in [0.05, 0.1) is 11.5 Å². The molecule has 0 aliphatic rings. The lowest BCUT2D eigenvalue weighted by Crippen LogP contribution is -2.24. The summed E-state index contributed by atoms with van der Waals surface area (Å²) in [6.45, 7) is 2.31. The maximum absolute atomic E-state index is 12.0. The highest BCUT2D eigenvalue weighted by molar-refractivity contribution is 7.99. The molecule has 0 atom stereocenters. The third-order valence-corrected chi connectivity index (χ3v) is 4.96. The Morgan fingerprint density at radius 1 is 1.21 bits per heavy atom. The molecule has 150 valence electrons. The number of aromatic nitrogens is 3.